The predicted octanol–water partition coefficient (Wildman–Crippen LogP) is 1.30. The van der Waals surface area contributed by atoms with Crippen LogP contribution in [0.15, 0.2) is 24.3 Å². The molecule has 6 heteroatoms. The van der Waals surface area contributed by atoms with Gasteiger partial charge in [-0.15, -0.1) is 0 Å². The number of sulfonamides is 1. The zero-order chi connectivity index (χ0) is 14.4. The highest BCUT2D eigenvalue weighted by atomic mass is 32.2. The van der Waals surface area contributed by atoms with Crippen LogP contribution in [0.2, 0.25) is 0 Å². The SMILES string of the molecule is O=S(=O)(CCNCc1ccc(O)cc1)N1CCCCC1. The van der Waals surface area contributed by atoms with Gasteiger partial charge in [0.25, 0.3) is 0 Å². The summed E-state index contributed by atoms with van der Waals surface area (Å²) in [7, 11) is -3.11. The van der Waals surface area contributed by atoms with Gasteiger partial charge in [0.2, 0.25) is 10.0 Å². The third-order valence-electron chi connectivity index (χ3n) is 3.51. The lowest BCUT2D eigenvalue weighted by atomic mass is 10.2. The van der Waals surface area contributed by atoms with E-state index >= 15 is 0 Å². The Kier molecular flexibility index (Phi) is 5.39. The van der Waals surface area contributed by atoms with Gasteiger partial charge in [-0.1, -0.05) is 18.6 Å². The van der Waals surface area contributed by atoms with E-state index in [1.165, 1.54) is 0 Å². The lowest BCUT2D eigenvalue weighted by Gasteiger charge is -2.25. The van der Waals surface area contributed by atoms with Crippen LogP contribution < -0.4 is 5.32 Å². The van der Waals surface area contributed by atoms with E-state index in [1.807, 2.05) is 12.1 Å². The van der Waals surface area contributed by atoms with Crippen LogP contribution >= 0.6 is 0 Å². The number of phenolic OH excluding ortho intramolecular Hbond substituents is 1. The van der Waals surface area contributed by atoms with Crippen LogP contribution in [0.4, 0.5) is 0 Å². The van der Waals surface area contributed by atoms with Gasteiger partial charge in [-0.25, -0.2) is 12.7 Å². The normalized spacial score (nSPS) is 17.2. The highest BCUT2D eigenvalue weighted by Gasteiger charge is 2.22. The summed E-state index contributed by atoms with van der Waals surface area (Å²) < 4.78 is 25.8. The largest absolute Gasteiger partial charge is 0.508 e. The molecule has 20 heavy (non-hydrogen) atoms. The van der Waals surface area contributed by atoms with Gasteiger partial charge in [0.05, 0.1) is 5.75 Å². The van der Waals surface area contributed by atoms with Crippen molar-refractivity contribution in [2.24, 2.45) is 0 Å². The van der Waals surface area contributed by atoms with Crippen molar-refractivity contribution in [1.29, 1.82) is 0 Å². The molecule has 1 fully saturated rings. The average molecular weight is 298 g/mol. The Morgan fingerprint density at radius 2 is 1.75 bits per heavy atom. The Bertz CT molecular complexity index is 508. The molecule has 1 aromatic rings. The van der Waals surface area contributed by atoms with E-state index in [0.29, 0.717) is 26.2 Å². The third kappa shape index (κ3) is 4.47. The van der Waals surface area contributed by atoms with Gasteiger partial charge >= 0.3 is 0 Å². The van der Waals surface area contributed by atoms with Crippen molar-refractivity contribution in [3.63, 3.8) is 0 Å². The maximum Gasteiger partial charge on any atom is 0.215 e. The molecule has 0 spiro atoms. The molecule has 1 aliphatic rings. The van der Waals surface area contributed by atoms with Crippen molar-refractivity contribution in [1.82, 2.24) is 9.62 Å². The monoisotopic (exact) mass is 298 g/mol. The summed E-state index contributed by atoms with van der Waals surface area (Å²) in [5.74, 6) is 0.381. The van der Waals surface area contributed by atoms with Crippen LogP contribution in [0.5, 0.6) is 5.75 Å². The Balaban J connectivity index is 1.73. The molecule has 0 atom stereocenters. The van der Waals surface area contributed by atoms with Gasteiger partial charge in [0.15, 0.2) is 0 Å². The minimum atomic E-state index is -3.11. The second kappa shape index (κ2) is 7.06. The van der Waals surface area contributed by atoms with Crippen LogP contribution in [0.25, 0.3) is 0 Å². The molecule has 1 aromatic carbocycles. The van der Waals surface area contributed by atoms with Crippen molar-refractivity contribution in [3.05, 3.63) is 29.8 Å². The number of piperidine rings is 1. The molecular formula is C14H22N2O3S. The molecule has 0 aliphatic carbocycles. The highest BCUT2D eigenvalue weighted by molar-refractivity contribution is 7.89. The maximum atomic E-state index is 12.1. The molecular weight excluding hydrogens is 276 g/mol. The molecule has 5 nitrogen and oxygen atoms in total. The van der Waals surface area contributed by atoms with Crippen LogP contribution in [0.1, 0.15) is 24.8 Å². The Morgan fingerprint density at radius 1 is 1.10 bits per heavy atom. The molecule has 0 saturated carbocycles. The molecule has 1 heterocycles. The lowest BCUT2D eigenvalue weighted by Crippen LogP contribution is -2.39. The number of hydrogen-bond acceptors (Lipinski definition) is 4. The number of hydrogen-bond donors (Lipinski definition) is 2. The van der Waals surface area contributed by atoms with Crippen molar-refractivity contribution in [2.75, 3.05) is 25.4 Å². The fourth-order valence-corrected chi connectivity index (χ4v) is 3.79. The summed E-state index contributed by atoms with van der Waals surface area (Å²) in [5.41, 5.74) is 1.03. The summed E-state index contributed by atoms with van der Waals surface area (Å²) in [5, 5.41) is 12.3. The van der Waals surface area contributed by atoms with E-state index in [2.05, 4.69) is 5.32 Å². The third-order valence-corrected chi connectivity index (χ3v) is 5.38. The summed E-state index contributed by atoms with van der Waals surface area (Å²) >= 11 is 0. The van der Waals surface area contributed by atoms with Gasteiger partial charge in [-0.05, 0) is 30.5 Å². The second-order valence-corrected chi connectivity index (χ2v) is 7.21. The average Bonchev–Trinajstić information content (AvgIpc) is 2.46. The van der Waals surface area contributed by atoms with E-state index in [4.69, 9.17) is 0 Å². The smallest absolute Gasteiger partial charge is 0.215 e. The van der Waals surface area contributed by atoms with Crippen LogP contribution in [-0.2, 0) is 16.6 Å². The van der Waals surface area contributed by atoms with Crippen molar-refractivity contribution in [2.45, 2.75) is 25.8 Å². The first-order valence-electron chi connectivity index (χ1n) is 7.04. The van der Waals surface area contributed by atoms with E-state index < -0.39 is 10.0 Å². The number of aromatic hydroxyl groups is 1. The van der Waals surface area contributed by atoms with E-state index in [1.54, 1.807) is 16.4 Å². The minimum absolute atomic E-state index is 0.144. The van der Waals surface area contributed by atoms with E-state index in [0.717, 1.165) is 24.8 Å². The fraction of sp³-hybridized carbons (Fsp3) is 0.571. The lowest BCUT2D eigenvalue weighted by molar-refractivity contribution is 0.346. The highest BCUT2D eigenvalue weighted by Crippen LogP contribution is 2.13. The number of phenols is 1. The molecule has 0 aromatic heterocycles. The quantitative estimate of drug-likeness (QED) is 0.777. The second-order valence-electron chi connectivity index (χ2n) is 5.12. The zero-order valence-electron chi connectivity index (χ0n) is 11.6. The first kappa shape index (κ1) is 15.3. The zero-order valence-corrected chi connectivity index (χ0v) is 12.4. The Morgan fingerprint density at radius 3 is 2.40 bits per heavy atom. The van der Waals surface area contributed by atoms with Crippen LogP contribution in [0, 0.1) is 0 Å². The fourth-order valence-electron chi connectivity index (χ4n) is 2.32. The van der Waals surface area contributed by atoms with E-state index in [-0.39, 0.29) is 11.5 Å². The molecule has 1 saturated heterocycles. The Hall–Kier alpha value is -1.11. The summed E-state index contributed by atoms with van der Waals surface area (Å²) in [6.07, 6.45) is 3.07. The number of nitrogens with zero attached hydrogens (tertiary/aromatic N) is 1. The first-order chi connectivity index (χ1) is 9.58. The van der Waals surface area contributed by atoms with Crippen LogP contribution in [0.3, 0.4) is 0 Å². The standard InChI is InChI=1S/C14H22N2O3S/c17-14-6-4-13(5-7-14)12-15-8-11-20(18,19)16-9-2-1-3-10-16/h4-7,15,17H,1-3,8-12H2. The number of benzene rings is 1. The number of rotatable bonds is 6. The van der Waals surface area contributed by atoms with Gasteiger partial charge in [0, 0.05) is 26.2 Å². The first-order valence-corrected chi connectivity index (χ1v) is 8.65. The molecule has 2 rings (SSSR count). The van der Waals surface area contributed by atoms with Crippen LogP contribution in [-0.4, -0.2) is 43.2 Å². The molecule has 2 N–H and O–H groups in total. The maximum absolute atomic E-state index is 12.1. The molecule has 0 bridgehead atoms. The topological polar surface area (TPSA) is 69.6 Å². The molecule has 0 amide bonds. The molecule has 1 aliphatic heterocycles. The summed E-state index contributed by atoms with van der Waals surface area (Å²) in [4.78, 5) is 0. The summed E-state index contributed by atoms with van der Waals surface area (Å²) in [6.45, 7) is 2.39. The van der Waals surface area contributed by atoms with E-state index in [9.17, 15) is 13.5 Å². The number of nitrogens with one attached hydrogen (secondary N) is 1. The Labute approximate surface area is 120 Å². The van der Waals surface area contributed by atoms with Gasteiger partial charge in [-0.3, -0.25) is 0 Å². The minimum Gasteiger partial charge on any atom is -0.508 e. The van der Waals surface area contributed by atoms with Gasteiger partial charge in [-0.2, -0.15) is 0 Å². The molecule has 0 unspecified atom stereocenters. The predicted molar refractivity (Wildman–Crippen MR) is 79.0 cm³/mol. The van der Waals surface area contributed by atoms with Gasteiger partial charge in [0.1, 0.15) is 5.75 Å². The summed E-state index contributed by atoms with van der Waals surface area (Å²) in [6, 6.07) is 6.89. The molecule has 0 radical (unpaired) electrons. The van der Waals surface area contributed by atoms with Crippen molar-refractivity contribution in [3.8, 4) is 5.75 Å². The molecule has 112 valence electrons. The van der Waals surface area contributed by atoms with Crippen molar-refractivity contribution >= 4 is 10.0 Å². The van der Waals surface area contributed by atoms with Gasteiger partial charge < -0.3 is 10.4 Å². The van der Waals surface area contributed by atoms with Crippen molar-refractivity contribution < 1.29 is 13.5 Å².